The minimum atomic E-state index is -0.180. The van der Waals surface area contributed by atoms with Crippen molar-refractivity contribution in [1.82, 2.24) is 15.2 Å². The molecule has 6 nitrogen and oxygen atoms in total. The number of amides is 2. The molecule has 0 saturated carbocycles. The van der Waals surface area contributed by atoms with Gasteiger partial charge in [0.05, 0.1) is 13.2 Å². The molecule has 1 saturated heterocycles. The van der Waals surface area contributed by atoms with Gasteiger partial charge in [0.25, 0.3) is 0 Å². The first-order valence-corrected chi connectivity index (χ1v) is 8.54. The summed E-state index contributed by atoms with van der Waals surface area (Å²) in [4.78, 5) is 18.4. The van der Waals surface area contributed by atoms with Gasteiger partial charge in [0, 0.05) is 49.0 Å². The molecule has 1 aliphatic heterocycles. The number of thiazole rings is 1. The Bertz CT molecular complexity index is 610. The van der Waals surface area contributed by atoms with Crippen LogP contribution in [0.4, 0.5) is 10.5 Å². The predicted octanol–water partition coefficient (Wildman–Crippen LogP) is 2.26. The van der Waals surface area contributed by atoms with Crippen molar-refractivity contribution in [2.24, 2.45) is 0 Å². The van der Waals surface area contributed by atoms with Crippen LogP contribution in [0.1, 0.15) is 0 Å². The Labute approximate surface area is 139 Å². The molecule has 1 aromatic carbocycles. The van der Waals surface area contributed by atoms with E-state index in [2.05, 4.69) is 20.5 Å². The Morgan fingerprint density at radius 3 is 2.74 bits per heavy atom. The number of nitrogens with one attached hydrogen (secondary N) is 2. The zero-order valence-electron chi connectivity index (χ0n) is 12.8. The predicted molar refractivity (Wildman–Crippen MR) is 91.8 cm³/mol. The maximum absolute atomic E-state index is 11.9. The summed E-state index contributed by atoms with van der Waals surface area (Å²) >= 11 is 1.60. The van der Waals surface area contributed by atoms with Gasteiger partial charge in [-0.2, -0.15) is 0 Å². The van der Waals surface area contributed by atoms with Crippen LogP contribution in [0.25, 0.3) is 10.6 Å². The highest BCUT2D eigenvalue weighted by Crippen LogP contribution is 2.23. The van der Waals surface area contributed by atoms with E-state index in [-0.39, 0.29) is 6.03 Å². The van der Waals surface area contributed by atoms with E-state index in [0.29, 0.717) is 6.54 Å². The molecule has 2 N–H and O–H groups in total. The fraction of sp³-hybridized carbons (Fsp3) is 0.375. The molecule has 0 radical (unpaired) electrons. The highest BCUT2D eigenvalue weighted by Gasteiger charge is 2.10. The molecule has 1 fully saturated rings. The first kappa shape index (κ1) is 15.9. The van der Waals surface area contributed by atoms with E-state index in [1.165, 1.54) is 0 Å². The maximum Gasteiger partial charge on any atom is 0.319 e. The third-order valence-electron chi connectivity index (χ3n) is 3.64. The number of nitrogens with zero attached hydrogens (tertiary/aromatic N) is 2. The van der Waals surface area contributed by atoms with Gasteiger partial charge in [0.1, 0.15) is 5.01 Å². The topological polar surface area (TPSA) is 66.5 Å². The second-order valence-corrected chi connectivity index (χ2v) is 6.14. The molecule has 122 valence electrons. The van der Waals surface area contributed by atoms with E-state index in [1.54, 1.807) is 17.5 Å². The number of morpholine rings is 1. The van der Waals surface area contributed by atoms with Crippen molar-refractivity contribution in [3.63, 3.8) is 0 Å². The van der Waals surface area contributed by atoms with Crippen molar-refractivity contribution in [3.8, 4) is 10.6 Å². The molecule has 0 spiro atoms. The van der Waals surface area contributed by atoms with Crippen LogP contribution in [-0.4, -0.2) is 55.3 Å². The summed E-state index contributed by atoms with van der Waals surface area (Å²) in [7, 11) is 0. The highest BCUT2D eigenvalue weighted by molar-refractivity contribution is 7.13. The zero-order chi connectivity index (χ0) is 15.9. The molecule has 0 bridgehead atoms. The SMILES string of the molecule is O=C(NCCN1CCOCC1)Nc1ccc(-c2nccs2)cc1. The molecular weight excluding hydrogens is 312 g/mol. The van der Waals surface area contributed by atoms with Crippen molar-refractivity contribution in [3.05, 3.63) is 35.8 Å². The van der Waals surface area contributed by atoms with Gasteiger partial charge >= 0.3 is 6.03 Å². The third kappa shape index (κ3) is 4.75. The van der Waals surface area contributed by atoms with E-state index in [4.69, 9.17) is 4.74 Å². The number of carbonyl (C=O) groups is 1. The van der Waals surface area contributed by atoms with Gasteiger partial charge in [-0.25, -0.2) is 9.78 Å². The number of aromatic nitrogens is 1. The molecule has 1 aromatic heterocycles. The van der Waals surface area contributed by atoms with Gasteiger partial charge in [0.15, 0.2) is 0 Å². The fourth-order valence-electron chi connectivity index (χ4n) is 2.39. The zero-order valence-corrected chi connectivity index (χ0v) is 13.6. The number of carbonyl (C=O) groups excluding carboxylic acids is 1. The van der Waals surface area contributed by atoms with Crippen LogP contribution in [0.5, 0.6) is 0 Å². The largest absolute Gasteiger partial charge is 0.379 e. The van der Waals surface area contributed by atoms with E-state index in [9.17, 15) is 4.79 Å². The number of benzene rings is 1. The quantitative estimate of drug-likeness (QED) is 0.881. The lowest BCUT2D eigenvalue weighted by molar-refractivity contribution is 0.0388. The minimum absolute atomic E-state index is 0.180. The van der Waals surface area contributed by atoms with Crippen LogP contribution in [0, 0.1) is 0 Å². The Balaban J connectivity index is 1.42. The summed E-state index contributed by atoms with van der Waals surface area (Å²) in [5.41, 5.74) is 1.83. The lowest BCUT2D eigenvalue weighted by Gasteiger charge is -2.26. The summed E-state index contributed by atoms with van der Waals surface area (Å²) in [5, 5.41) is 8.65. The first-order valence-electron chi connectivity index (χ1n) is 7.66. The van der Waals surface area contributed by atoms with Gasteiger partial charge in [0.2, 0.25) is 0 Å². The van der Waals surface area contributed by atoms with Crippen molar-refractivity contribution < 1.29 is 9.53 Å². The summed E-state index contributed by atoms with van der Waals surface area (Å²) in [6, 6.07) is 7.52. The minimum Gasteiger partial charge on any atom is -0.379 e. The van der Waals surface area contributed by atoms with Crippen molar-refractivity contribution in [2.75, 3.05) is 44.7 Å². The molecule has 2 heterocycles. The molecule has 2 amide bonds. The molecule has 3 rings (SSSR count). The van der Waals surface area contributed by atoms with Gasteiger partial charge < -0.3 is 15.4 Å². The summed E-state index contributed by atoms with van der Waals surface area (Å²) in [6.07, 6.45) is 1.79. The number of hydrogen-bond acceptors (Lipinski definition) is 5. The number of anilines is 1. The lowest BCUT2D eigenvalue weighted by atomic mass is 10.2. The van der Waals surface area contributed by atoms with E-state index in [0.717, 1.165) is 49.1 Å². The Kier molecular flexibility index (Phi) is 5.57. The standard InChI is InChI=1S/C16H20N4O2S/c21-16(18-5-7-20-8-10-22-11-9-20)19-14-3-1-13(2-4-14)15-17-6-12-23-15/h1-4,6,12H,5,7-11H2,(H2,18,19,21). The second-order valence-electron chi connectivity index (χ2n) is 5.25. The number of hydrogen-bond donors (Lipinski definition) is 2. The van der Waals surface area contributed by atoms with E-state index in [1.807, 2.05) is 29.6 Å². The van der Waals surface area contributed by atoms with Gasteiger partial charge in [-0.1, -0.05) is 0 Å². The van der Waals surface area contributed by atoms with Crippen LogP contribution in [0.3, 0.4) is 0 Å². The molecule has 7 heteroatoms. The van der Waals surface area contributed by atoms with Crippen LogP contribution < -0.4 is 10.6 Å². The average Bonchev–Trinajstić information content (AvgIpc) is 3.11. The second kappa shape index (κ2) is 8.05. The first-order chi connectivity index (χ1) is 11.3. The smallest absolute Gasteiger partial charge is 0.319 e. The normalized spacial score (nSPS) is 15.3. The molecule has 1 aliphatic rings. The van der Waals surface area contributed by atoms with Crippen molar-refractivity contribution in [1.29, 1.82) is 0 Å². The molecule has 0 aliphatic carbocycles. The molecule has 2 aromatic rings. The maximum atomic E-state index is 11.9. The molecular formula is C16H20N4O2S. The van der Waals surface area contributed by atoms with E-state index < -0.39 is 0 Å². The van der Waals surface area contributed by atoms with Crippen LogP contribution in [0.15, 0.2) is 35.8 Å². The third-order valence-corrected chi connectivity index (χ3v) is 4.46. The Morgan fingerprint density at radius 1 is 1.26 bits per heavy atom. The van der Waals surface area contributed by atoms with Gasteiger partial charge in [-0.15, -0.1) is 11.3 Å². The van der Waals surface area contributed by atoms with Gasteiger partial charge in [-0.3, -0.25) is 4.90 Å². The number of ether oxygens (including phenoxy) is 1. The van der Waals surface area contributed by atoms with Crippen LogP contribution >= 0.6 is 11.3 Å². The Hall–Kier alpha value is -1.96. The Morgan fingerprint density at radius 2 is 2.04 bits per heavy atom. The van der Waals surface area contributed by atoms with Crippen LogP contribution in [-0.2, 0) is 4.74 Å². The van der Waals surface area contributed by atoms with E-state index >= 15 is 0 Å². The molecule has 0 unspecified atom stereocenters. The van der Waals surface area contributed by atoms with Gasteiger partial charge in [-0.05, 0) is 24.3 Å². The summed E-state index contributed by atoms with van der Waals surface area (Å²) in [5.74, 6) is 0. The monoisotopic (exact) mass is 332 g/mol. The number of urea groups is 1. The van der Waals surface area contributed by atoms with Crippen molar-refractivity contribution in [2.45, 2.75) is 0 Å². The average molecular weight is 332 g/mol. The molecule has 23 heavy (non-hydrogen) atoms. The molecule has 0 atom stereocenters. The van der Waals surface area contributed by atoms with Crippen LogP contribution in [0.2, 0.25) is 0 Å². The number of rotatable bonds is 5. The summed E-state index contributed by atoms with van der Waals surface area (Å²) < 4.78 is 5.30. The highest BCUT2D eigenvalue weighted by atomic mass is 32.1. The fourth-order valence-corrected chi connectivity index (χ4v) is 3.03. The summed E-state index contributed by atoms with van der Waals surface area (Å²) in [6.45, 7) is 4.89. The lowest BCUT2D eigenvalue weighted by Crippen LogP contribution is -2.42. The van der Waals surface area contributed by atoms with Crippen molar-refractivity contribution >= 4 is 23.1 Å².